The second kappa shape index (κ2) is 4.13. The van der Waals surface area contributed by atoms with Gasteiger partial charge in [-0.3, -0.25) is 14.5 Å². The van der Waals surface area contributed by atoms with E-state index in [2.05, 4.69) is 6.92 Å². The summed E-state index contributed by atoms with van der Waals surface area (Å²) < 4.78 is 25.2. The maximum atomic E-state index is 13.0. The average molecular weight is 200 g/mol. The Morgan fingerprint density at radius 1 is 1.57 bits per heavy atom. The van der Waals surface area contributed by atoms with Gasteiger partial charge in [0.25, 0.3) is 0 Å². The largest absolute Gasteiger partial charge is 0.304 e. The maximum absolute atomic E-state index is 13.0. The molecule has 0 fully saturated rings. The smallest absolute Gasteiger partial charge is 0.258 e. The molecule has 1 unspecified atom stereocenters. The molecule has 5 heteroatoms. The van der Waals surface area contributed by atoms with Crippen molar-refractivity contribution in [2.75, 3.05) is 6.67 Å². The molecule has 1 radical (unpaired) electrons. The van der Waals surface area contributed by atoms with Gasteiger partial charge in [0.2, 0.25) is 5.82 Å². The lowest BCUT2D eigenvalue weighted by Gasteiger charge is -2.06. The molecule has 0 aromatic heterocycles. The summed E-state index contributed by atoms with van der Waals surface area (Å²) in [5.41, 5.74) is -0.296. The summed E-state index contributed by atoms with van der Waals surface area (Å²) in [6.07, 6.45) is 0. The summed E-state index contributed by atoms with van der Waals surface area (Å²) in [6, 6.07) is 3.26. The first kappa shape index (κ1) is 10.6. The van der Waals surface area contributed by atoms with Gasteiger partial charge in [-0.25, -0.2) is 0 Å². The van der Waals surface area contributed by atoms with Crippen LogP contribution >= 0.6 is 0 Å². The van der Waals surface area contributed by atoms with E-state index in [-0.39, 0.29) is 0 Å². The molecule has 0 N–H and O–H groups in total. The van der Waals surface area contributed by atoms with Gasteiger partial charge in [0.15, 0.2) is 0 Å². The Morgan fingerprint density at radius 3 is 2.64 bits per heavy atom. The molecule has 75 valence electrons. The Balaban J connectivity index is 3.06. The molecule has 3 nitrogen and oxygen atoms in total. The number of nitrogens with zero attached hydrogens (tertiary/aromatic N) is 1. The molecule has 1 aromatic rings. The third-order valence-electron chi connectivity index (χ3n) is 1.83. The van der Waals surface area contributed by atoms with Gasteiger partial charge in [0.1, 0.15) is 0 Å². The Bertz CT molecular complexity index is 355. The fourth-order valence-corrected chi connectivity index (χ4v) is 1.01. The van der Waals surface area contributed by atoms with Gasteiger partial charge in [-0.15, -0.1) is 0 Å². The second-order valence-electron chi connectivity index (χ2n) is 2.82. The Hall–Kier alpha value is -1.52. The SMILES string of the molecule is [CH2]C(CF)c1ccc([N+](=O)[O-])c(F)c1. The molecule has 0 bridgehead atoms. The first-order valence-corrected chi connectivity index (χ1v) is 3.89. The summed E-state index contributed by atoms with van der Waals surface area (Å²) in [6.45, 7) is 2.71. The number of alkyl halides is 1. The number of nitro benzene ring substituents is 1. The van der Waals surface area contributed by atoms with Crippen LogP contribution in [0, 0.1) is 22.9 Å². The van der Waals surface area contributed by atoms with E-state index in [4.69, 9.17) is 0 Å². The van der Waals surface area contributed by atoms with E-state index in [1.807, 2.05) is 0 Å². The summed E-state index contributed by atoms with van der Waals surface area (Å²) in [7, 11) is 0. The van der Waals surface area contributed by atoms with Gasteiger partial charge >= 0.3 is 5.69 Å². The van der Waals surface area contributed by atoms with Crippen LogP contribution in [0.25, 0.3) is 0 Å². The highest BCUT2D eigenvalue weighted by atomic mass is 19.1. The summed E-state index contributed by atoms with van der Waals surface area (Å²) in [4.78, 5) is 9.42. The van der Waals surface area contributed by atoms with Gasteiger partial charge < -0.3 is 0 Å². The minimum absolute atomic E-state index is 0.315. The third kappa shape index (κ3) is 2.04. The van der Waals surface area contributed by atoms with E-state index in [1.165, 1.54) is 6.07 Å². The van der Waals surface area contributed by atoms with Gasteiger partial charge in [-0.2, -0.15) is 4.39 Å². The van der Waals surface area contributed by atoms with Crippen LogP contribution < -0.4 is 0 Å². The van der Waals surface area contributed by atoms with Crippen LogP contribution in [-0.4, -0.2) is 11.6 Å². The Labute approximate surface area is 79.5 Å². The molecule has 1 rings (SSSR count). The van der Waals surface area contributed by atoms with Crippen molar-refractivity contribution in [2.24, 2.45) is 0 Å². The lowest BCUT2D eigenvalue weighted by molar-refractivity contribution is -0.387. The number of rotatable bonds is 3. The summed E-state index contributed by atoms with van der Waals surface area (Å²) in [5, 5.41) is 10.2. The molecule has 0 aliphatic heterocycles. The molecule has 14 heavy (non-hydrogen) atoms. The van der Waals surface area contributed by atoms with E-state index < -0.39 is 29.0 Å². The molecule has 1 aromatic carbocycles. The van der Waals surface area contributed by atoms with Crippen molar-refractivity contribution in [3.8, 4) is 0 Å². The molecule has 0 saturated heterocycles. The number of hydrogen-bond donors (Lipinski definition) is 0. The topological polar surface area (TPSA) is 43.1 Å². The molecule has 0 saturated carbocycles. The third-order valence-corrected chi connectivity index (χ3v) is 1.83. The number of nitro groups is 1. The van der Waals surface area contributed by atoms with Crippen molar-refractivity contribution in [3.05, 3.63) is 46.6 Å². The lowest BCUT2D eigenvalue weighted by atomic mass is 10.0. The monoisotopic (exact) mass is 200 g/mol. The van der Waals surface area contributed by atoms with Crippen molar-refractivity contribution in [1.29, 1.82) is 0 Å². The van der Waals surface area contributed by atoms with Crippen molar-refractivity contribution >= 4 is 5.69 Å². The van der Waals surface area contributed by atoms with Gasteiger partial charge in [0, 0.05) is 12.0 Å². The van der Waals surface area contributed by atoms with Crippen LogP contribution in [0.1, 0.15) is 11.5 Å². The van der Waals surface area contributed by atoms with E-state index in [0.717, 1.165) is 12.1 Å². The van der Waals surface area contributed by atoms with E-state index in [9.17, 15) is 18.9 Å². The Morgan fingerprint density at radius 2 is 2.21 bits per heavy atom. The molecule has 1 atom stereocenters. The highest BCUT2D eigenvalue weighted by Gasteiger charge is 2.15. The summed E-state index contributed by atoms with van der Waals surface area (Å²) in [5.74, 6) is -1.65. The number of halogens is 2. The van der Waals surface area contributed by atoms with E-state index in [1.54, 1.807) is 0 Å². The summed E-state index contributed by atoms with van der Waals surface area (Å²) >= 11 is 0. The predicted molar refractivity (Wildman–Crippen MR) is 47.1 cm³/mol. The highest BCUT2D eigenvalue weighted by molar-refractivity contribution is 5.36. The molecular formula is C9H8F2NO2. The zero-order valence-corrected chi connectivity index (χ0v) is 7.24. The first-order valence-electron chi connectivity index (χ1n) is 3.89. The minimum Gasteiger partial charge on any atom is -0.258 e. The quantitative estimate of drug-likeness (QED) is 0.556. The van der Waals surface area contributed by atoms with Gasteiger partial charge in [-0.1, -0.05) is 6.07 Å². The molecule has 0 heterocycles. The van der Waals surface area contributed by atoms with E-state index >= 15 is 0 Å². The van der Waals surface area contributed by atoms with Crippen LogP contribution in [0.3, 0.4) is 0 Å². The van der Waals surface area contributed by atoms with E-state index in [0.29, 0.717) is 5.56 Å². The fraction of sp³-hybridized carbons (Fsp3) is 0.222. The number of hydrogen-bond acceptors (Lipinski definition) is 2. The first-order chi connectivity index (χ1) is 6.56. The van der Waals surface area contributed by atoms with Crippen molar-refractivity contribution in [1.82, 2.24) is 0 Å². The van der Waals surface area contributed by atoms with Crippen molar-refractivity contribution in [3.63, 3.8) is 0 Å². The van der Waals surface area contributed by atoms with Crippen molar-refractivity contribution < 1.29 is 13.7 Å². The predicted octanol–water partition coefficient (Wildman–Crippen LogP) is 2.62. The highest BCUT2D eigenvalue weighted by Crippen LogP contribution is 2.22. The molecule has 0 aliphatic carbocycles. The van der Waals surface area contributed by atoms with Gasteiger partial charge in [0.05, 0.1) is 11.6 Å². The van der Waals surface area contributed by atoms with Gasteiger partial charge in [-0.05, 0) is 18.6 Å². The second-order valence-corrected chi connectivity index (χ2v) is 2.82. The maximum Gasteiger partial charge on any atom is 0.304 e. The molecular weight excluding hydrogens is 192 g/mol. The Kier molecular flexibility index (Phi) is 3.11. The number of benzene rings is 1. The molecule has 0 spiro atoms. The molecule has 0 amide bonds. The van der Waals surface area contributed by atoms with Crippen LogP contribution in [0.5, 0.6) is 0 Å². The van der Waals surface area contributed by atoms with Crippen LogP contribution in [0.15, 0.2) is 18.2 Å². The zero-order valence-electron chi connectivity index (χ0n) is 7.24. The van der Waals surface area contributed by atoms with Crippen LogP contribution in [0.2, 0.25) is 0 Å². The van der Waals surface area contributed by atoms with Crippen LogP contribution in [0.4, 0.5) is 14.5 Å². The molecule has 0 aliphatic rings. The normalized spacial score (nSPS) is 12.5. The standard InChI is InChI=1S/C9H8F2NO2/c1-6(5-10)7-2-3-9(12(13)14)8(11)4-7/h2-4,6H,1,5H2. The minimum atomic E-state index is -0.963. The van der Waals surface area contributed by atoms with Crippen LogP contribution in [-0.2, 0) is 0 Å². The van der Waals surface area contributed by atoms with Crippen molar-refractivity contribution in [2.45, 2.75) is 5.92 Å². The zero-order chi connectivity index (χ0) is 10.7. The average Bonchev–Trinajstić information content (AvgIpc) is 2.15. The fourth-order valence-electron chi connectivity index (χ4n) is 1.01. The lowest BCUT2D eigenvalue weighted by Crippen LogP contribution is -1.99.